The van der Waals surface area contributed by atoms with Gasteiger partial charge >= 0.3 is 6.18 Å². The molecule has 2 fully saturated rings. The van der Waals surface area contributed by atoms with Crippen LogP contribution in [0.2, 0.25) is 0 Å². The molecule has 36 heavy (non-hydrogen) atoms. The number of piperidine rings is 1. The molecule has 0 aromatic heterocycles. The lowest BCUT2D eigenvalue weighted by Crippen LogP contribution is -2.56. The zero-order valence-electron chi connectivity index (χ0n) is 19.9. The highest BCUT2D eigenvalue weighted by Crippen LogP contribution is 2.48. The van der Waals surface area contributed by atoms with Gasteiger partial charge in [0.2, 0.25) is 12.7 Å². The van der Waals surface area contributed by atoms with Crippen LogP contribution in [-0.2, 0) is 16.8 Å². The van der Waals surface area contributed by atoms with E-state index in [9.17, 15) is 18.0 Å². The number of hydrogen-bond acceptors (Lipinski definition) is 5. The van der Waals surface area contributed by atoms with Crippen molar-refractivity contribution in [3.8, 4) is 11.5 Å². The van der Waals surface area contributed by atoms with Crippen LogP contribution in [0.3, 0.4) is 0 Å². The molecule has 4 aliphatic heterocycles. The number of ether oxygens (including phenoxy) is 2. The summed E-state index contributed by atoms with van der Waals surface area (Å²) in [6.07, 6.45) is -4.35. The minimum absolute atomic E-state index is 0.00933. The van der Waals surface area contributed by atoms with E-state index in [0.717, 1.165) is 16.7 Å². The topological polar surface area (TPSA) is 62.8 Å². The van der Waals surface area contributed by atoms with Gasteiger partial charge in [-0.15, -0.1) is 0 Å². The summed E-state index contributed by atoms with van der Waals surface area (Å²) in [6.45, 7) is 2.68. The van der Waals surface area contributed by atoms with E-state index in [2.05, 4.69) is 10.6 Å². The van der Waals surface area contributed by atoms with Crippen molar-refractivity contribution in [2.24, 2.45) is 5.92 Å². The van der Waals surface area contributed by atoms with E-state index in [4.69, 9.17) is 9.47 Å². The molecular formula is C27H30F3N3O3. The Balaban J connectivity index is 1.31. The lowest BCUT2D eigenvalue weighted by molar-refractivity contribution is -0.160. The highest BCUT2D eigenvalue weighted by Gasteiger charge is 2.53. The Hall–Kier alpha value is -2.78. The van der Waals surface area contributed by atoms with Crippen molar-refractivity contribution in [2.45, 2.75) is 49.4 Å². The number of hydrogen-bond donors (Lipinski definition) is 2. The normalized spacial score (nSPS) is 29.4. The molecule has 1 spiro atoms. The van der Waals surface area contributed by atoms with Crippen LogP contribution >= 0.6 is 0 Å². The molecule has 192 valence electrons. The second kappa shape index (κ2) is 8.95. The van der Waals surface area contributed by atoms with E-state index < -0.39 is 30.0 Å². The summed E-state index contributed by atoms with van der Waals surface area (Å²) < 4.78 is 52.3. The first-order valence-electron chi connectivity index (χ1n) is 12.6. The van der Waals surface area contributed by atoms with Crippen LogP contribution in [0, 0.1) is 5.92 Å². The van der Waals surface area contributed by atoms with Gasteiger partial charge in [-0.05, 0) is 36.0 Å². The quantitative estimate of drug-likeness (QED) is 0.672. The number of benzene rings is 2. The van der Waals surface area contributed by atoms with E-state index in [-0.39, 0.29) is 18.6 Å². The van der Waals surface area contributed by atoms with Crippen LogP contribution in [0.1, 0.15) is 41.9 Å². The lowest BCUT2D eigenvalue weighted by atomic mass is 9.68. The molecule has 2 N–H and O–H groups in total. The molecule has 2 saturated heterocycles. The molecule has 4 atom stereocenters. The van der Waals surface area contributed by atoms with Gasteiger partial charge in [-0.2, -0.15) is 13.2 Å². The van der Waals surface area contributed by atoms with E-state index in [0.29, 0.717) is 57.1 Å². The highest BCUT2D eigenvalue weighted by molar-refractivity contribution is 5.82. The zero-order chi connectivity index (χ0) is 24.9. The Bertz CT molecular complexity index is 1140. The van der Waals surface area contributed by atoms with Crippen LogP contribution in [0.5, 0.6) is 11.5 Å². The van der Waals surface area contributed by atoms with E-state index in [1.54, 1.807) is 0 Å². The van der Waals surface area contributed by atoms with Gasteiger partial charge in [0.25, 0.3) is 0 Å². The van der Waals surface area contributed by atoms with Crippen molar-refractivity contribution in [2.75, 3.05) is 33.0 Å². The predicted molar refractivity (Wildman–Crippen MR) is 127 cm³/mol. The van der Waals surface area contributed by atoms with Gasteiger partial charge in [-0.1, -0.05) is 36.4 Å². The molecule has 1 amide bonds. The van der Waals surface area contributed by atoms with Gasteiger partial charge in [0.1, 0.15) is 0 Å². The van der Waals surface area contributed by atoms with Crippen LogP contribution in [-0.4, -0.2) is 56.0 Å². The number of nitrogens with zero attached hydrogens (tertiary/aromatic N) is 1. The SMILES string of the molecule is O=C([C@@H]1CNC[C@]12CNCc1c2ccc2c1OCO2)N1CC[C@@H](c2ccccc2)C[C@H]1CC(F)(F)F. The van der Waals surface area contributed by atoms with E-state index >= 15 is 0 Å². The van der Waals surface area contributed by atoms with Gasteiger partial charge in [0.15, 0.2) is 11.5 Å². The number of fused-ring (bicyclic) bond motifs is 4. The molecule has 9 heteroatoms. The van der Waals surface area contributed by atoms with Gasteiger partial charge in [-0.25, -0.2) is 0 Å². The Kier molecular flexibility index (Phi) is 5.87. The number of alkyl halides is 3. The first-order chi connectivity index (χ1) is 17.4. The molecule has 0 radical (unpaired) electrons. The molecule has 0 saturated carbocycles. The van der Waals surface area contributed by atoms with Crippen LogP contribution in [0.4, 0.5) is 13.2 Å². The predicted octanol–water partition coefficient (Wildman–Crippen LogP) is 3.70. The van der Waals surface area contributed by atoms with Crippen LogP contribution in [0.25, 0.3) is 0 Å². The molecule has 0 bridgehead atoms. The fourth-order valence-corrected chi connectivity index (χ4v) is 6.76. The number of amides is 1. The standard InChI is InChI=1S/C27H30F3N3O3/c28-27(29,30)11-19-10-18(17-4-2-1-3-5-17)8-9-33(19)25(34)22-13-32-15-26(22)14-31-12-20-21(26)6-7-23-24(20)36-16-35-23/h1-7,18-19,22,31-32H,8-16H2/t18-,19+,22+,26+/m1/s1. The summed E-state index contributed by atoms with van der Waals surface area (Å²) >= 11 is 0. The van der Waals surface area contributed by atoms with Crippen LogP contribution < -0.4 is 20.1 Å². The summed E-state index contributed by atoms with van der Waals surface area (Å²) in [5, 5.41) is 6.82. The number of halogens is 3. The van der Waals surface area contributed by atoms with Gasteiger partial charge < -0.3 is 25.0 Å². The van der Waals surface area contributed by atoms with Crippen molar-refractivity contribution >= 4 is 5.91 Å². The summed E-state index contributed by atoms with van der Waals surface area (Å²) in [6, 6.07) is 12.7. The van der Waals surface area contributed by atoms with Crippen LogP contribution in [0.15, 0.2) is 42.5 Å². The molecular weight excluding hydrogens is 471 g/mol. The molecule has 6 rings (SSSR count). The fourth-order valence-electron chi connectivity index (χ4n) is 6.76. The minimum atomic E-state index is -4.34. The highest BCUT2D eigenvalue weighted by atomic mass is 19.4. The zero-order valence-corrected chi connectivity index (χ0v) is 19.9. The first kappa shape index (κ1) is 23.6. The summed E-state index contributed by atoms with van der Waals surface area (Å²) in [5.41, 5.74) is 2.50. The minimum Gasteiger partial charge on any atom is -0.454 e. The van der Waals surface area contributed by atoms with Gasteiger partial charge in [0.05, 0.1) is 12.3 Å². The maximum Gasteiger partial charge on any atom is 0.391 e. The molecule has 6 nitrogen and oxygen atoms in total. The second-order valence-electron chi connectivity index (χ2n) is 10.4. The molecule has 4 aliphatic rings. The monoisotopic (exact) mass is 501 g/mol. The first-order valence-corrected chi connectivity index (χ1v) is 12.6. The van der Waals surface area contributed by atoms with Crippen molar-refractivity contribution < 1.29 is 27.4 Å². The van der Waals surface area contributed by atoms with E-state index in [1.165, 1.54) is 4.90 Å². The van der Waals surface area contributed by atoms with E-state index in [1.807, 2.05) is 42.5 Å². The number of carbonyl (C=O) groups excluding carboxylic acids is 1. The Morgan fingerprint density at radius 3 is 2.69 bits per heavy atom. The van der Waals surface area contributed by atoms with Crippen molar-refractivity contribution in [3.63, 3.8) is 0 Å². The van der Waals surface area contributed by atoms with Gasteiger partial charge in [-0.3, -0.25) is 4.79 Å². The van der Waals surface area contributed by atoms with Crippen molar-refractivity contribution in [3.05, 3.63) is 59.2 Å². The van der Waals surface area contributed by atoms with Gasteiger partial charge in [0, 0.05) is 49.7 Å². The summed E-state index contributed by atoms with van der Waals surface area (Å²) in [5.74, 6) is 0.752. The average molecular weight is 502 g/mol. The maximum absolute atomic E-state index is 14.1. The lowest BCUT2D eigenvalue weighted by Gasteiger charge is -2.45. The third-order valence-electron chi connectivity index (χ3n) is 8.41. The number of carbonyl (C=O) groups is 1. The maximum atomic E-state index is 14.1. The molecule has 2 aromatic carbocycles. The summed E-state index contributed by atoms with van der Waals surface area (Å²) in [4.78, 5) is 15.6. The fraction of sp³-hybridized carbons (Fsp3) is 0.519. The molecule has 0 aliphatic carbocycles. The number of rotatable bonds is 3. The Labute approximate surface area is 208 Å². The average Bonchev–Trinajstić information content (AvgIpc) is 3.51. The Morgan fingerprint density at radius 2 is 1.89 bits per heavy atom. The largest absolute Gasteiger partial charge is 0.454 e. The Morgan fingerprint density at radius 1 is 1.08 bits per heavy atom. The molecule has 4 heterocycles. The summed E-state index contributed by atoms with van der Waals surface area (Å²) in [7, 11) is 0. The molecule has 0 unspecified atom stereocenters. The van der Waals surface area contributed by atoms with Crippen molar-refractivity contribution in [1.82, 2.24) is 15.5 Å². The smallest absolute Gasteiger partial charge is 0.391 e. The third kappa shape index (κ3) is 4.02. The van der Waals surface area contributed by atoms with Crippen molar-refractivity contribution in [1.29, 1.82) is 0 Å². The molecule has 2 aromatic rings. The second-order valence-corrected chi connectivity index (χ2v) is 10.4. The number of nitrogens with one attached hydrogen (secondary N) is 2. The third-order valence-corrected chi connectivity index (χ3v) is 8.41. The number of likely N-dealkylation sites (tertiary alicyclic amines) is 1.